The summed E-state index contributed by atoms with van der Waals surface area (Å²) >= 11 is 0. The number of anilines is 2. The van der Waals surface area contributed by atoms with Gasteiger partial charge in [0, 0.05) is 5.69 Å². The number of carbonyl (C=O) groups is 1. The lowest BCUT2D eigenvalue weighted by Gasteiger charge is -2.13. The molecule has 0 aliphatic heterocycles. The summed E-state index contributed by atoms with van der Waals surface area (Å²) in [4.78, 5) is 11.0. The van der Waals surface area contributed by atoms with Crippen molar-refractivity contribution in [3.05, 3.63) is 53.6 Å². The molecule has 0 saturated carbocycles. The number of rotatable bonds is 5. The molecule has 2 aromatic carbocycles. The van der Waals surface area contributed by atoms with Crippen molar-refractivity contribution in [1.82, 2.24) is 0 Å². The number of hydrogen-bond donors (Lipinski definition) is 2. The van der Waals surface area contributed by atoms with Crippen LogP contribution < -0.4 is 10.1 Å². The van der Waals surface area contributed by atoms with Gasteiger partial charge in [0.15, 0.2) is 0 Å². The number of aryl methyl sites for hydroxylation is 1. The first-order valence-electron chi connectivity index (χ1n) is 6.44. The summed E-state index contributed by atoms with van der Waals surface area (Å²) in [6.45, 7) is 4.31. The minimum absolute atomic E-state index is 0.314. The Hall–Kier alpha value is -2.49. The molecule has 0 fully saturated rings. The highest BCUT2D eigenvalue weighted by atomic mass is 16.5. The van der Waals surface area contributed by atoms with Crippen LogP contribution in [0.1, 0.15) is 22.8 Å². The molecule has 4 heteroatoms. The van der Waals surface area contributed by atoms with Gasteiger partial charge in [-0.25, -0.2) is 4.79 Å². The fourth-order valence-corrected chi connectivity index (χ4v) is 1.99. The first kappa shape index (κ1) is 13.9. The first-order valence-corrected chi connectivity index (χ1v) is 6.44. The summed E-state index contributed by atoms with van der Waals surface area (Å²) in [7, 11) is 0. The van der Waals surface area contributed by atoms with Gasteiger partial charge in [-0.3, -0.25) is 0 Å². The number of hydrogen-bond acceptors (Lipinski definition) is 3. The number of benzene rings is 2. The van der Waals surface area contributed by atoms with Crippen LogP contribution in [0.5, 0.6) is 5.75 Å². The molecule has 2 N–H and O–H groups in total. The highest BCUT2D eigenvalue weighted by Gasteiger charge is 2.08. The molecular formula is C16H17NO3. The van der Waals surface area contributed by atoms with E-state index >= 15 is 0 Å². The number of nitrogens with one attached hydrogen (secondary N) is 1. The fraction of sp³-hybridized carbons (Fsp3) is 0.188. The topological polar surface area (TPSA) is 58.6 Å². The predicted octanol–water partition coefficient (Wildman–Crippen LogP) is 3.84. The second-order valence-electron chi connectivity index (χ2n) is 4.39. The zero-order valence-corrected chi connectivity index (χ0v) is 11.5. The average Bonchev–Trinajstić information content (AvgIpc) is 2.41. The van der Waals surface area contributed by atoms with Crippen LogP contribution in [0, 0.1) is 6.92 Å². The van der Waals surface area contributed by atoms with Crippen LogP contribution in [-0.4, -0.2) is 17.7 Å². The largest absolute Gasteiger partial charge is 0.492 e. The molecule has 0 amide bonds. The van der Waals surface area contributed by atoms with E-state index in [-0.39, 0.29) is 0 Å². The Balaban J connectivity index is 2.26. The van der Waals surface area contributed by atoms with E-state index < -0.39 is 5.97 Å². The SMILES string of the molecule is CCOc1ccccc1Nc1ccc(C(=O)O)c(C)c1. The van der Waals surface area contributed by atoms with Gasteiger partial charge in [0.05, 0.1) is 17.9 Å². The quantitative estimate of drug-likeness (QED) is 0.867. The lowest BCUT2D eigenvalue weighted by Crippen LogP contribution is -2.01. The van der Waals surface area contributed by atoms with Crippen molar-refractivity contribution in [2.24, 2.45) is 0 Å². The number of carboxylic acid groups (broad SMARTS) is 1. The molecule has 2 aromatic rings. The van der Waals surface area contributed by atoms with E-state index in [0.717, 1.165) is 22.7 Å². The Morgan fingerprint density at radius 3 is 2.65 bits per heavy atom. The smallest absolute Gasteiger partial charge is 0.335 e. The molecule has 0 heterocycles. The van der Waals surface area contributed by atoms with Gasteiger partial charge in [0.1, 0.15) is 5.75 Å². The van der Waals surface area contributed by atoms with Crippen molar-refractivity contribution >= 4 is 17.3 Å². The van der Waals surface area contributed by atoms with Gasteiger partial charge in [-0.05, 0) is 49.7 Å². The standard InChI is InChI=1S/C16H17NO3/c1-3-20-15-7-5-4-6-14(15)17-12-8-9-13(16(18)19)11(2)10-12/h4-10,17H,3H2,1-2H3,(H,18,19). The van der Waals surface area contributed by atoms with Crippen LogP contribution in [0.4, 0.5) is 11.4 Å². The van der Waals surface area contributed by atoms with Crippen molar-refractivity contribution in [2.75, 3.05) is 11.9 Å². The van der Waals surface area contributed by atoms with Gasteiger partial charge in [-0.15, -0.1) is 0 Å². The van der Waals surface area contributed by atoms with Gasteiger partial charge >= 0.3 is 5.97 Å². The molecule has 0 saturated heterocycles. The maximum Gasteiger partial charge on any atom is 0.335 e. The Kier molecular flexibility index (Phi) is 4.25. The van der Waals surface area contributed by atoms with Crippen LogP contribution in [0.2, 0.25) is 0 Å². The van der Waals surface area contributed by atoms with Crippen molar-refractivity contribution in [1.29, 1.82) is 0 Å². The van der Waals surface area contributed by atoms with Crippen LogP contribution in [0.15, 0.2) is 42.5 Å². The maximum atomic E-state index is 11.0. The Bertz CT molecular complexity index is 623. The third-order valence-corrected chi connectivity index (χ3v) is 2.92. The number of para-hydroxylation sites is 2. The van der Waals surface area contributed by atoms with Crippen molar-refractivity contribution in [3.8, 4) is 5.75 Å². The van der Waals surface area contributed by atoms with E-state index in [4.69, 9.17) is 9.84 Å². The molecule has 0 aromatic heterocycles. The van der Waals surface area contributed by atoms with Crippen LogP contribution in [0.3, 0.4) is 0 Å². The van der Waals surface area contributed by atoms with Crippen molar-refractivity contribution < 1.29 is 14.6 Å². The summed E-state index contributed by atoms with van der Waals surface area (Å²) in [5, 5.41) is 12.3. The minimum Gasteiger partial charge on any atom is -0.492 e. The Morgan fingerprint density at radius 1 is 1.25 bits per heavy atom. The second-order valence-corrected chi connectivity index (χ2v) is 4.39. The minimum atomic E-state index is -0.913. The second kappa shape index (κ2) is 6.10. The number of aromatic carboxylic acids is 1. The molecular weight excluding hydrogens is 254 g/mol. The van der Waals surface area contributed by atoms with Gasteiger partial charge in [-0.1, -0.05) is 12.1 Å². The monoisotopic (exact) mass is 271 g/mol. The van der Waals surface area contributed by atoms with E-state index in [0.29, 0.717) is 12.2 Å². The van der Waals surface area contributed by atoms with Crippen LogP contribution >= 0.6 is 0 Å². The van der Waals surface area contributed by atoms with Crippen molar-refractivity contribution in [3.63, 3.8) is 0 Å². The summed E-state index contributed by atoms with van der Waals surface area (Å²) in [6, 6.07) is 12.8. The van der Waals surface area contributed by atoms with Gasteiger partial charge in [-0.2, -0.15) is 0 Å². The zero-order chi connectivity index (χ0) is 14.5. The lowest BCUT2D eigenvalue weighted by atomic mass is 10.1. The Labute approximate surface area is 118 Å². The molecule has 0 radical (unpaired) electrons. The third kappa shape index (κ3) is 3.09. The van der Waals surface area contributed by atoms with Crippen LogP contribution in [0.25, 0.3) is 0 Å². The maximum absolute atomic E-state index is 11.0. The van der Waals surface area contributed by atoms with Gasteiger partial charge in [0.2, 0.25) is 0 Å². The number of carboxylic acids is 1. The molecule has 104 valence electrons. The fourth-order valence-electron chi connectivity index (χ4n) is 1.99. The average molecular weight is 271 g/mol. The van der Waals surface area contributed by atoms with Gasteiger partial charge in [0.25, 0.3) is 0 Å². The summed E-state index contributed by atoms with van der Waals surface area (Å²) in [5.41, 5.74) is 2.72. The van der Waals surface area contributed by atoms with Crippen LogP contribution in [-0.2, 0) is 0 Å². The van der Waals surface area contributed by atoms with E-state index in [2.05, 4.69) is 5.32 Å². The molecule has 0 spiro atoms. The van der Waals surface area contributed by atoms with E-state index in [1.165, 1.54) is 0 Å². The first-order chi connectivity index (χ1) is 9.61. The normalized spacial score (nSPS) is 10.1. The lowest BCUT2D eigenvalue weighted by molar-refractivity contribution is 0.0696. The Morgan fingerprint density at radius 2 is 2.00 bits per heavy atom. The molecule has 0 aliphatic carbocycles. The molecule has 0 aliphatic rings. The van der Waals surface area contributed by atoms with E-state index in [9.17, 15) is 4.79 Å². The third-order valence-electron chi connectivity index (χ3n) is 2.92. The molecule has 0 bridgehead atoms. The molecule has 2 rings (SSSR count). The highest BCUT2D eigenvalue weighted by molar-refractivity contribution is 5.90. The molecule has 0 unspecified atom stereocenters. The zero-order valence-electron chi connectivity index (χ0n) is 11.5. The highest BCUT2D eigenvalue weighted by Crippen LogP contribution is 2.28. The summed E-state index contributed by atoms with van der Waals surface area (Å²) in [5.74, 6) is -0.140. The van der Waals surface area contributed by atoms with E-state index in [1.807, 2.05) is 37.3 Å². The summed E-state index contributed by atoms with van der Waals surface area (Å²) < 4.78 is 5.54. The van der Waals surface area contributed by atoms with Crippen molar-refractivity contribution in [2.45, 2.75) is 13.8 Å². The summed E-state index contributed by atoms with van der Waals surface area (Å²) in [6.07, 6.45) is 0. The molecule has 20 heavy (non-hydrogen) atoms. The van der Waals surface area contributed by atoms with Gasteiger partial charge < -0.3 is 15.2 Å². The molecule has 4 nitrogen and oxygen atoms in total. The van der Waals surface area contributed by atoms with E-state index in [1.54, 1.807) is 19.1 Å². The molecule has 0 atom stereocenters. The number of ether oxygens (including phenoxy) is 1. The predicted molar refractivity (Wildman–Crippen MR) is 79.0 cm³/mol.